The van der Waals surface area contributed by atoms with Gasteiger partial charge in [-0.3, -0.25) is 5.73 Å². The lowest BCUT2D eigenvalue weighted by Crippen LogP contribution is -2.43. The van der Waals surface area contributed by atoms with Crippen LogP contribution < -0.4 is 11.5 Å². The smallest absolute Gasteiger partial charge is 0.382 e. The van der Waals surface area contributed by atoms with Gasteiger partial charge in [0.15, 0.2) is 12.0 Å². The molecule has 0 bridgehead atoms. The molecule has 1 atom stereocenters. The molecule has 0 saturated carbocycles. The molecule has 7 heteroatoms. The minimum Gasteiger partial charge on any atom is -0.382 e. The standard InChI is InChI=1S/C10H15N6O/c1-5(2)3-6-4-16(17)9-7(13-6)8(11)14-10(12)15-9/h4-5,10H,3,12H2,1-2H3,(H2,11,14)/q+1. The molecule has 1 unspecified atom stereocenters. The van der Waals surface area contributed by atoms with E-state index in [0.717, 1.165) is 0 Å². The van der Waals surface area contributed by atoms with Gasteiger partial charge in [0.2, 0.25) is 5.71 Å². The second kappa shape index (κ2) is 4.17. The fourth-order valence-electron chi connectivity index (χ4n) is 1.69. The fraction of sp³-hybridized carbons (Fsp3) is 0.500. The Morgan fingerprint density at radius 1 is 1.47 bits per heavy atom. The molecular formula is C10H15N6O+. The molecule has 0 saturated heterocycles. The molecule has 0 radical (unpaired) electrons. The number of amidine groups is 2. The van der Waals surface area contributed by atoms with Crippen molar-refractivity contribution in [3.8, 4) is 0 Å². The van der Waals surface area contributed by atoms with Gasteiger partial charge in [-0.05, 0) is 17.3 Å². The van der Waals surface area contributed by atoms with Gasteiger partial charge in [-0.25, -0.2) is 9.98 Å². The van der Waals surface area contributed by atoms with Gasteiger partial charge in [-0.2, -0.15) is 0 Å². The number of fused-ring (bicyclic) bond motifs is 1. The molecule has 2 aliphatic rings. The molecule has 0 aliphatic carbocycles. The van der Waals surface area contributed by atoms with Crippen LogP contribution in [-0.4, -0.2) is 28.4 Å². The zero-order valence-corrected chi connectivity index (χ0v) is 9.79. The number of nitrogens with two attached hydrogens (primary N) is 2. The van der Waals surface area contributed by atoms with Crippen LogP contribution in [0.5, 0.6) is 0 Å². The Hall–Kier alpha value is -1.89. The highest BCUT2D eigenvalue weighted by atomic mass is 16.3. The van der Waals surface area contributed by atoms with E-state index < -0.39 is 6.29 Å². The SMILES string of the molecule is CC(C)CC1=C[N+](=O)C2=NC(N)N=C(N)C2=N1. The van der Waals surface area contributed by atoms with Crippen LogP contribution in [0.4, 0.5) is 0 Å². The second-order valence-electron chi connectivity index (χ2n) is 4.39. The fourth-order valence-corrected chi connectivity index (χ4v) is 1.69. The van der Waals surface area contributed by atoms with Crippen LogP contribution in [-0.2, 0) is 0 Å². The first-order valence-electron chi connectivity index (χ1n) is 5.40. The molecule has 7 nitrogen and oxygen atoms in total. The van der Waals surface area contributed by atoms with Crippen molar-refractivity contribution >= 4 is 17.4 Å². The summed E-state index contributed by atoms with van der Waals surface area (Å²) >= 11 is 0. The number of hydrogen-bond donors (Lipinski definition) is 2. The largest absolute Gasteiger partial charge is 0.394 e. The van der Waals surface area contributed by atoms with Crippen LogP contribution in [0.25, 0.3) is 0 Å². The lowest BCUT2D eigenvalue weighted by atomic mass is 10.1. The first-order chi connectivity index (χ1) is 7.97. The van der Waals surface area contributed by atoms with Gasteiger partial charge in [0.25, 0.3) is 6.29 Å². The predicted molar refractivity (Wildman–Crippen MR) is 65.6 cm³/mol. The van der Waals surface area contributed by atoms with Crippen molar-refractivity contribution < 1.29 is 4.76 Å². The number of hydrogen-bond acceptors (Lipinski definition) is 6. The number of nitrogens with zero attached hydrogens (tertiary/aromatic N) is 4. The van der Waals surface area contributed by atoms with Crippen LogP contribution in [0, 0.1) is 10.8 Å². The molecule has 17 heavy (non-hydrogen) atoms. The third-order valence-electron chi connectivity index (χ3n) is 2.33. The van der Waals surface area contributed by atoms with E-state index in [1.165, 1.54) is 6.20 Å². The van der Waals surface area contributed by atoms with Crippen molar-refractivity contribution in [2.75, 3.05) is 0 Å². The molecule has 0 aromatic carbocycles. The minimum atomic E-state index is -0.819. The maximum absolute atomic E-state index is 11.8. The Kier molecular flexibility index (Phi) is 2.84. The van der Waals surface area contributed by atoms with Gasteiger partial charge < -0.3 is 5.73 Å². The van der Waals surface area contributed by atoms with Crippen LogP contribution in [0.2, 0.25) is 0 Å². The zero-order valence-electron chi connectivity index (χ0n) is 9.79. The van der Waals surface area contributed by atoms with E-state index in [1.807, 2.05) is 13.8 Å². The molecule has 90 valence electrons. The topological polar surface area (TPSA) is 109 Å². The van der Waals surface area contributed by atoms with Crippen molar-refractivity contribution in [3.05, 3.63) is 16.8 Å². The highest BCUT2D eigenvalue weighted by Gasteiger charge is 2.36. The summed E-state index contributed by atoms with van der Waals surface area (Å²) in [6.07, 6.45) is 1.29. The summed E-state index contributed by atoms with van der Waals surface area (Å²) in [5, 5.41) is 0. The van der Waals surface area contributed by atoms with E-state index in [0.29, 0.717) is 28.5 Å². The lowest BCUT2D eigenvalue weighted by molar-refractivity contribution is -0.348. The molecule has 4 N–H and O–H groups in total. The van der Waals surface area contributed by atoms with Gasteiger partial charge in [0.05, 0.1) is 5.70 Å². The summed E-state index contributed by atoms with van der Waals surface area (Å²) in [6, 6.07) is 0. The third-order valence-corrected chi connectivity index (χ3v) is 2.33. The molecule has 0 aromatic heterocycles. The first kappa shape index (κ1) is 11.6. The van der Waals surface area contributed by atoms with Gasteiger partial charge in [0, 0.05) is 4.76 Å². The number of rotatable bonds is 2. The Balaban J connectivity index is 2.37. The zero-order chi connectivity index (χ0) is 12.6. The third kappa shape index (κ3) is 2.28. The average Bonchev–Trinajstić information content (AvgIpc) is 2.19. The maximum atomic E-state index is 11.8. The lowest BCUT2D eigenvalue weighted by Gasteiger charge is -2.13. The summed E-state index contributed by atoms with van der Waals surface area (Å²) in [7, 11) is 0. The number of nitroso groups, excluding NO2 is 1. The highest BCUT2D eigenvalue weighted by molar-refractivity contribution is 6.66. The van der Waals surface area contributed by atoms with Crippen molar-refractivity contribution in [3.63, 3.8) is 0 Å². The number of allylic oxidation sites excluding steroid dienone is 1. The minimum absolute atomic E-state index is 0.137. The van der Waals surface area contributed by atoms with Gasteiger partial charge in [-0.1, -0.05) is 18.8 Å². The molecule has 0 spiro atoms. The summed E-state index contributed by atoms with van der Waals surface area (Å²) in [6.45, 7) is 4.10. The van der Waals surface area contributed by atoms with E-state index >= 15 is 0 Å². The summed E-state index contributed by atoms with van der Waals surface area (Å²) in [4.78, 5) is 23.9. The maximum Gasteiger partial charge on any atom is 0.394 e. The van der Waals surface area contributed by atoms with Crippen LogP contribution in [0.15, 0.2) is 26.9 Å². The quantitative estimate of drug-likeness (QED) is 0.663. The number of aliphatic imine (C=N–C) groups is 3. The molecular weight excluding hydrogens is 220 g/mol. The average molecular weight is 235 g/mol. The highest BCUT2D eigenvalue weighted by Crippen LogP contribution is 2.17. The summed E-state index contributed by atoms with van der Waals surface area (Å²) < 4.78 is 0.654. The molecule has 2 heterocycles. The van der Waals surface area contributed by atoms with E-state index in [2.05, 4.69) is 15.0 Å². The summed E-state index contributed by atoms with van der Waals surface area (Å²) in [5.74, 6) is 0.705. The van der Waals surface area contributed by atoms with Crippen LogP contribution >= 0.6 is 0 Å². The molecule has 0 amide bonds. The Morgan fingerprint density at radius 2 is 2.18 bits per heavy atom. The molecule has 2 rings (SSSR count). The van der Waals surface area contributed by atoms with Gasteiger partial charge in [-0.15, -0.1) is 0 Å². The van der Waals surface area contributed by atoms with E-state index in [1.54, 1.807) is 0 Å². The normalized spacial score (nSPS) is 23.8. The Morgan fingerprint density at radius 3 is 2.82 bits per heavy atom. The monoisotopic (exact) mass is 235 g/mol. The van der Waals surface area contributed by atoms with E-state index in [4.69, 9.17) is 11.5 Å². The van der Waals surface area contributed by atoms with Gasteiger partial charge in [0.1, 0.15) is 0 Å². The van der Waals surface area contributed by atoms with E-state index in [9.17, 15) is 4.91 Å². The van der Waals surface area contributed by atoms with E-state index in [-0.39, 0.29) is 11.7 Å². The van der Waals surface area contributed by atoms with Crippen LogP contribution in [0.3, 0.4) is 0 Å². The Labute approximate surface area is 98.6 Å². The molecule has 2 aliphatic heterocycles. The first-order valence-corrected chi connectivity index (χ1v) is 5.40. The van der Waals surface area contributed by atoms with Gasteiger partial charge >= 0.3 is 5.84 Å². The van der Waals surface area contributed by atoms with Crippen molar-refractivity contribution in [2.45, 2.75) is 26.6 Å². The molecule has 0 aromatic rings. The molecule has 0 fully saturated rings. The second-order valence-corrected chi connectivity index (χ2v) is 4.39. The summed E-state index contributed by atoms with van der Waals surface area (Å²) in [5.41, 5.74) is 12.2. The predicted octanol–water partition coefficient (Wildman–Crippen LogP) is 0.119. The van der Waals surface area contributed by atoms with Crippen LogP contribution in [0.1, 0.15) is 20.3 Å². The Bertz CT molecular complexity index is 485. The van der Waals surface area contributed by atoms with Crippen molar-refractivity contribution in [1.29, 1.82) is 0 Å². The van der Waals surface area contributed by atoms with Crippen molar-refractivity contribution in [1.82, 2.24) is 0 Å². The van der Waals surface area contributed by atoms with Crippen molar-refractivity contribution in [2.24, 2.45) is 32.4 Å².